The minimum Gasteiger partial charge on any atom is -0.490 e. The van der Waals surface area contributed by atoms with Crippen LogP contribution < -0.4 is 9.64 Å². The summed E-state index contributed by atoms with van der Waals surface area (Å²) in [4.78, 5) is 31.6. The Bertz CT molecular complexity index is 1150. The van der Waals surface area contributed by atoms with E-state index in [0.29, 0.717) is 26.2 Å². The maximum absolute atomic E-state index is 12.8. The molecule has 6 heteroatoms. The summed E-state index contributed by atoms with van der Waals surface area (Å²) < 4.78 is 5.63. The quantitative estimate of drug-likeness (QED) is 0.604. The van der Waals surface area contributed by atoms with Gasteiger partial charge in [-0.25, -0.2) is 0 Å². The third kappa shape index (κ3) is 4.71. The van der Waals surface area contributed by atoms with E-state index < -0.39 is 0 Å². The van der Waals surface area contributed by atoms with E-state index in [1.807, 2.05) is 29.2 Å². The SMILES string of the molecule is O=C(CCC(=O)N1CCOc2ccccc21)N1CCN(Cc2cccc3ccccc23)CC1. The lowest BCUT2D eigenvalue weighted by Crippen LogP contribution is -2.48. The van der Waals surface area contributed by atoms with Gasteiger partial charge in [0.1, 0.15) is 12.4 Å². The summed E-state index contributed by atoms with van der Waals surface area (Å²) in [7, 11) is 0. The number of ether oxygens (including phenoxy) is 1. The first-order chi connectivity index (χ1) is 16.2. The first-order valence-electron chi connectivity index (χ1n) is 11.7. The Balaban J connectivity index is 1.12. The third-order valence-electron chi connectivity index (χ3n) is 6.58. The lowest BCUT2D eigenvalue weighted by Gasteiger charge is -2.35. The smallest absolute Gasteiger partial charge is 0.227 e. The fourth-order valence-corrected chi connectivity index (χ4v) is 4.76. The van der Waals surface area contributed by atoms with Gasteiger partial charge < -0.3 is 14.5 Å². The minimum atomic E-state index is -0.0197. The van der Waals surface area contributed by atoms with Crippen LogP contribution in [0.15, 0.2) is 66.7 Å². The van der Waals surface area contributed by atoms with Crippen LogP contribution in [0, 0.1) is 0 Å². The number of amides is 2. The van der Waals surface area contributed by atoms with Gasteiger partial charge in [-0.3, -0.25) is 14.5 Å². The molecule has 0 aromatic heterocycles. The van der Waals surface area contributed by atoms with Gasteiger partial charge in [0.25, 0.3) is 0 Å². The van der Waals surface area contributed by atoms with E-state index in [4.69, 9.17) is 4.74 Å². The third-order valence-corrected chi connectivity index (χ3v) is 6.58. The zero-order valence-corrected chi connectivity index (χ0v) is 18.8. The largest absolute Gasteiger partial charge is 0.490 e. The molecule has 3 aromatic carbocycles. The fourth-order valence-electron chi connectivity index (χ4n) is 4.76. The molecule has 1 saturated heterocycles. The van der Waals surface area contributed by atoms with E-state index in [1.165, 1.54) is 16.3 Å². The van der Waals surface area contributed by atoms with Crippen molar-refractivity contribution in [1.82, 2.24) is 9.80 Å². The van der Waals surface area contributed by atoms with Crippen molar-refractivity contribution >= 4 is 28.3 Å². The van der Waals surface area contributed by atoms with Gasteiger partial charge >= 0.3 is 0 Å². The van der Waals surface area contributed by atoms with Gasteiger partial charge in [0.2, 0.25) is 11.8 Å². The van der Waals surface area contributed by atoms with Gasteiger partial charge in [-0.1, -0.05) is 54.6 Å². The first kappa shape index (κ1) is 21.5. The lowest BCUT2D eigenvalue weighted by atomic mass is 10.0. The van der Waals surface area contributed by atoms with Gasteiger partial charge in [0.15, 0.2) is 0 Å². The molecule has 2 amide bonds. The van der Waals surface area contributed by atoms with Crippen LogP contribution in [-0.2, 0) is 16.1 Å². The van der Waals surface area contributed by atoms with Crippen LogP contribution in [0.3, 0.4) is 0 Å². The second-order valence-electron chi connectivity index (χ2n) is 8.66. The van der Waals surface area contributed by atoms with Crippen molar-refractivity contribution < 1.29 is 14.3 Å². The highest BCUT2D eigenvalue weighted by atomic mass is 16.5. The van der Waals surface area contributed by atoms with E-state index in [1.54, 1.807) is 4.90 Å². The summed E-state index contributed by atoms with van der Waals surface area (Å²) in [5, 5.41) is 2.55. The summed E-state index contributed by atoms with van der Waals surface area (Å²) in [6, 6.07) is 22.5. The van der Waals surface area contributed by atoms with Crippen LogP contribution in [0.4, 0.5) is 5.69 Å². The Morgan fingerprint density at radius 3 is 2.36 bits per heavy atom. The fraction of sp³-hybridized carbons (Fsp3) is 0.333. The Hall–Kier alpha value is -3.38. The molecule has 0 bridgehead atoms. The second kappa shape index (κ2) is 9.63. The predicted molar refractivity (Wildman–Crippen MR) is 129 cm³/mol. The van der Waals surface area contributed by atoms with Gasteiger partial charge in [0.05, 0.1) is 12.2 Å². The highest BCUT2D eigenvalue weighted by Gasteiger charge is 2.26. The van der Waals surface area contributed by atoms with Crippen molar-refractivity contribution in [3.63, 3.8) is 0 Å². The Labute approximate surface area is 194 Å². The number of carbonyl (C=O) groups is 2. The number of piperazine rings is 1. The van der Waals surface area contributed by atoms with Crippen molar-refractivity contribution in [3.8, 4) is 5.75 Å². The van der Waals surface area contributed by atoms with E-state index in [0.717, 1.165) is 31.1 Å². The standard InChI is InChI=1S/C27H29N3O3/c31-26(12-13-27(32)30-18-19-33-25-11-4-3-10-24(25)30)29-16-14-28(15-17-29)20-22-8-5-7-21-6-1-2-9-23(21)22/h1-11H,12-20H2. The Kier molecular flexibility index (Phi) is 6.26. The van der Waals surface area contributed by atoms with Crippen molar-refractivity contribution in [2.75, 3.05) is 44.2 Å². The van der Waals surface area contributed by atoms with E-state index in [9.17, 15) is 9.59 Å². The molecular formula is C27H29N3O3. The second-order valence-corrected chi connectivity index (χ2v) is 8.66. The van der Waals surface area contributed by atoms with Gasteiger partial charge in [-0.15, -0.1) is 0 Å². The van der Waals surface area contributed by atoms with Crippen molar-refractivity contribution in [1.29, 1.82) is 0 Å². The monoisotopic (exact) mass is 443 g/mol. The molecule has 5 rings (SSSR count). The number of para-hydroxylation sites is 2. The molecule has 0 atom stereocenters. The van der Waals surface area contributed by atoms with Gasteiger partial charge in [-0.2, -0.15) is 0 Å². The van der Waals surface area contributed by atoms with Gasteiger partial charge in [0, 0.05) is 45.6 Å². The summed E-state index contributed by atoms with van der Waals surface area (Å²) >= 11 is 0. The molecular weight excluding hydrogens is 414 g/mol. The number of carbonyl (C=O) groups excluding carboxylic acids is 2. The maximum Gasteiger partial charge on any atom is 0.227 e. The molecule has 2 heterocycles. The topological polar surface area (TPSA) is 53.1 Å². The van der Waals surface area contributed by atoms with Crippen LogP contribution >= 0.6 is 0 Å². The summed E-state index contributed by atoms with van der Waals surface area (Å²) in [5.41, 5.74) is 2.12. The highest BCUT2D eigenvalue weighted by molar-refractivity contribution is 5.97. The molecule has 2 aliphatic rings. The molecule has 0 N–H and O–H groups in total. The number of anilines is 1. The summed E-state index contributed by atoms with van der Waals surface area (Å²) in [6.07, 6.45) is 0.477. The van der Waals surface area contributed by atoms with Gasteiger partial charge in [-0.05, 0) is 28.5 Å². The van der Waals surface area contributed by atoms with Crippen LogP contribution in [-0.4, -0.2) is 60.9 Å². The van der Waals surface area contributed by atoms with Crippen molar-refractivity contribution in [3.05, 3.63) is 72.3 Å². The molecule has 0 radical (unpaired) electrons. The Morgan fingerprint density at radius 1 is 0.758 bits per heavy atom. The minimum absolute atomic E-state index is 0.0197. The average molecular weight is 444 g/mol. The lowest BCUT2D eigenvalue weighted by molar-refractivity contribution is -0.134. The molecule has 0 aliphatic carbocycles. The highest BCUT2D eigenvalue weighted by Crippen LogP contribution is 2.31. The normalized spacial score (nSPS) is 16.4. The molecule has 1 fully saturated rings. The van der Waals surface area contributed by atoms with Crippen LogP contribution in [0.1, 0.15) is 18.4 Å². The predicted octanol–water partition coefficient (Wildman–Crippen LogP) is 3.69. The molecule has 3 aromatic rings. The molecule has 0 unspecified atom stereocenters. The first-order valence-corrected chi connectivity index (χ1v) is 11.7. The molecule has 33 heavy (non-hydrogen) atoms. The van der Waals surface area contributed by atoms with Crippen molar-refractivity contribution in [2.24, 2.45) is 0 Å². The molecule has 170 valence electrons. The number of hydrogen-bond donors (Lipinski definition) is 0. The number of benzene rings is 3. The van der Waals surface area contributed by atoms with Crippen LogP contribution in [0.2, 0.25) is 0 Å². The molecule has 0 saturated carbocycles. The zero-order chi connectivity index (χ0) is 22.6. The number of hydrogen-bond acceptors (Lipinski definition) is 4. The molecule has 0 spiro atoms. The Morgan fingerprint density at radius 2 is 1.48 bits per heavy atom. The number of nitrogens with zero attached hydrogens (tertiary/aromatic N) is 3. The summed E-state index contributed by atoms with van der Waals surface area (Å²) in [6.45, 7) is 5.00. The van der Waals surface area contributed by atoms with Crippen molar-refractivity contribution in [2.45, 2.75) is 19.4 Å². The molecule has 6 nitrogen and oxygen atoms in total. The maximum atomic E-state index is 12.8. The summed E-state index contributed by atoms with van der Waals surface area (Å²) in [5.74, 6) is 0.772. The average Bonchev–Trinajstić information content (AvgIpc) is 2.87. The van der Waals surface area contributed by atoms with Crippen LogP contribution in [0.5, 0.6) is 5.75 Å². The van der Waals surface area contributed by atoms with E-state index in [2.05, 4.69) is 47.4 Å². The van der Waals surface area contributed by atoms with E-state index in [-0.39, 0.29) is 24.7 Å². The van der Waals surface area contributed by atoms with Crippen LogP contribution in [0.25, 0.3) is 10.8 Å². The number of fused-ring (bicyclic) bond motifs is 2. The zero-order valence-electron chi connectivity index (χ0n) is 18.8. The number of rotatable bonds is 5. The van der Waals surface area contributed by atoms with E-state index >= 15 is 0 Å². The molecule has 2 aliphatic heterocycles.